The Morgan fingerprint density at radius 3 is 2.25 bits per heavy atom. The van der Waals surface area contributed by atoms with Crippen LogP contribution in [0.1, 0.15) is 5.56 Å². The summed E-state index contributed by atoms with van der Waals surface area (Å²) in [7, 11) is 0. The molecule has 5 nitrogen and oxygen atoms in total. The fourth-order valence-electron chi connectivity index (χ4n) is 2.91. The summed E-state index contributed by atoms with van der Waals surface area (Å²) in [5, 5.41) is 12.8. The van der Waals surface area contributed by atoms with Crippen molar-refractivity contribution >= 4 is 86.6 Å². The van der Waals surface area contributed by atoms with Crippen molar-refractivity contribution in [2.45, 2.75) is 9.79 Å². The molecule has 3 aromatic carbocycles. The first-order chi connectivity index (χ1) is 15.3. The standard InChI is InChI=1S/C22H12Cl2N2O3S3/c23-14-2-6-16(7-3-14)25-21(27)20(32-22(25)30)12-13-1-10-19(18(11-13)26(28)29)31-17-8-4-15(24)5-9-17/h1-12H/b20-12+. The zero-order chi connectivity index (χ0) is 22.8. The lowest BCUT2D eigenvalue weighted by Crippen LogP contribution is -2.27. The summed E-state index contributed by atoms with van der Waals surface area (Å²) in [6, 6.07) is 18.7. The number of thiocarbonyl (C=S) groups is 1. The van der Waals surface area contributed by atoms with Crippen molar-refractivity contribution in [3.05, 3.63) is 97.4 Å². The number of amides is 1. The van der Waals surface area contributed by atoms with E-state index in [1.807, 2.05) is 0 Å². The van der Waals surface area contributed by atoms with Gasteiger partial charge in [-0.05, 0) is 66.2 Å². The Morgan fingerprint density at radius 2 is 1.62 bits per heavy atom. The van der Waals surface area contributed by atoms with Gasteiger partial charge in [0.1, 0.15) is 0 Å². The molecule has 0 spiro atoms. The first-order valence-electron chi connectivity index (χ1n) is 9.07. The van der Waals surface area contributed by atoms with Crippen LogP contribution in [0.2, 0.25) is 10.0 Å². The van der Waals surface area contributed by atoms with Crippen LogP contribution in [0.15, 0.2) is 81.4 Å². The molecule has 0 aromatic heterocycles. The molecule has 1 aliphatic rings. The molecule has 1 amide bonds. The van der Waals surface area contributed by atoms with Crippen LogP contribution < -0.4 is 4.90 Å². The Hall–Kier alpha value is -2.36. The van der Waals surface area contributed by atoms with E-state index in [1.165, 1.54) is 22.7 Å². The van der Waals surface area contributed by atoms with Crippen molar-refractivity contribution in [1.29, 1.82) is 0 Å². The van der Waals surface area contributed by atoms with Crippen LogP contribution in [0.25, 0.3) is 6.08 Å². The highest BCUT2D eigenvalue weighted by Crippen LogP contribution is 2.39. The monoisotopic (exact) mass is 518 g/mol. The lowest BCUT2D eigenvalue weighted by molar-refractivity contribution is -0.387. The number of nitrogens with zero attached hydrogens (tertiary/aromatic N) is 2. The molecule has 1 fully saturated rings. The van der Waals surface area contributed by atoms with Crippen LogP contribution in [0.5, 0.6) is 0 Å². The second-order valence-electron chi connectivity index (χ2n) is 6.53. The summed E-state index contributed by atoms with van der Waals surface area (Å²) in [6.45, 7) is 0. The molecule has 0 atom stereocenters. The predicted octanol–water partition coefficient (Wildman–Crippen LogP) is 7.46. The van der Waals surface area contributed by atoms with E-state index < -0.39 is 4.92 Å². The average Bonchev–Trinajstić information content (AvgIpc) is 3.04. The van der Waals surface area contributed by atoms with E-state index in [0.29, 0.717) is 35.4 Å². The first-order valence-corrected chi connectivity index (χ1v) is 11.9. The van der Waals surface area contributed by atoms with Gasteiger partial charge in [0, 0.05) is 21.0 Å². The summed E-state index contributed by atoms with van der Waals surface area (Å²) in [5.41, 5.74) is 1.10. The third kappa shape index (κ3) is 5.00. The van der Waals surface area contributed by atoms with E-state index >= 15 is 0 Å². The van der Waals surface area contributed by atoms with Gasteiger partial charge in [-0.15, -0.1) is 0 Å². The second kappa shape index (κ2) is 9.64. The van der Waals surface area contributed by atoms with Gasteiger partial charge >= 0.3 is 0 Å². The highest BCUT2D eigenvalue weighted by atomic mass is 35.5. The Bertz CT molecular complexity index is 1260. The molecule has 0 bridgehead atoms. The quantitative estimate of drug-likeness (QED) is 0.151. The van der Waals surface area contributed by atoms with E-state index in [9.17, 15) is 14.9 Å². The highest BCUT2D eigenvalue weighted by Gasteiger charge is 2.33. The van der Waals surface area contributed by atoms with Gasteiger partial charge in [0.15, 0.2) is 4.32 Å². The van der Waals surface area contributed by atoms with Gasteiger partial charge in [-0.25, -0.2) is 0 Å². The number of hydrogen-bond acceptors (Lipinski definition) is 6. The molecule has 0 aliphatic carbocycles. The maximum atomic E-state index is 12.9. The fourth-order valence-corrected chi connectivity index (χ4v) is 5.37. The van der Waals surface area contributed by atoms with Crippen molar-refractivity contribution in [3.63, 3.8) is 0 Å². The minimum absolute atomic E-state index is 0.0492. The van der Waals surface area contributed by atoms with Crippen LogP contribution in [-0.2, 0) is 4.79 Å². The highest BCUT2D eigenvalue weighted by molar-refractivity contribution is 8.27. The van der Waals surface area contributed by atoms with E-state index in [-0.39, 0.29) is 11.6 Å². The van der Waals surface area contributed by atoms with E-state index in [1.54, 1.807) is 66.7 Å². The zero-order valence-corrected chi connectivity index (χ0v) is 20.0. The topological polar surface area (TPSA) is 63.4 Å². The number of halogens is 2. The third-order valence-electron chi connectivity index (χ3n) is 4.40. The molecule has 1 heterocycles. The molecule has 1 saturated heterocycles. The van der Waals surface area contributed by atoms with E-state index in [2.05, 4.69) is 0 Å². The number of anilines is 1. The zero-order valence-electron chi connectivity index (χ0n) is 16.0. The van der Waals surface area contributed by atoms with Crippen molar-refractivity contribution in [1.82, 2.24) is 0 Å². The van der Waals surface area contributed by atoms with Crippen molar-refractivity contribution in [3.8, 4) is 0 Å². The number of benzene rings is 3. The molecule has 3 aromatic rings. The Labute approximate surface area is 207 Å². The number of hydrogen-bond donors (Lipinski definition) is 0. The molecule has 1 aliphatic heterocycles. The van der Waals surface area contributed by atoms with E-state index in [0.717, 1.165) is 16.7 Å². The maximum absolute atomic E-state index is 12.9. The second-order valence-corrected chi connectivity index (χ2v) is 10.2. The Morgan fingerprint density at radius 1 is 1.00 bits per heavy atom. The normalized spacial score (nSPS) is 14.9. The van der Waals surface area contributed by atoms with Gasteiger partial charge in [0.25, 0.3) is 11.6 Å². The number of carbonyl (C=O) groups is 1. The predicted molar refractivity (Wildman–Crippen MR) is 136 cm³/mol. The SMILES string of the molecule is O=C1/C(=C\c2ccc(Sc3ccc(Cl)cc3)c([N+](=O)[O-])c2)SC(=S)N1c1ccc(Cl)cc1. The summed E-state index contributed by atoms with van der Waals surface area (Å²) in [5.74, 6) is -0.287. The Kier molecular flexibility index (Phi) is 6.88. The molecule has 0 unspecified atom stereocenters. The van der Waals surface area contributed by atoms with Gasteiger partial charge in [-0.1, -0.05) is 65.0 Å². The molecule has 10 heteroatoms. The molecule has 160 valence electrons. The van der Waals surface area contributed by atoms with Gasteiger partial charge < -0.3 is 0 Å². The third-order valence-corrected chi connectivity index (χ3v) is 7.28. The van der Waals surface area contributed by atoms with Crippen LogP contribution >= 0.6 is 58.9 Å². The smallest absolute Gasteiger partial charge is 0.268 e. The lowest BCUT2D eigenvalue weighted by atomic mass is 10.2. The van der Waals surface area contributed by atoms with Crippen LogP contribution in [0.4, 0.5) is 11.4 Å². The summed E-state index contributed by atoms with van der Waals surface area (Å²) >= 11 is 19.6. The molecule has 32 heavy (non-hydrogen) atoms. The van der Waals surface area contributed by atoms with Gasteiger partial charge in [0.2, 0.25) is 0 Å². The number of carbonyl (C=O) groups excluding carboxylic acids is 1. The summed E-state index contributed by atoms with van der Waals surface area (Å²) < 4.78 is 0.382. The van der Waals surface area contributed by atoms with Crippen LogP contribution in [0, 0.1) is 10.1 Å². The molecule has 0 saturated carbocycles. The molecular weight excluding hydrogens is 507 g/mol. The minimum Gasteiger partial charge on any atom is -0.268 e. The van der Waals surface area contributed by atoms with Gasteiger partial charge in [-0.3, -0.25) is 19.8 Å². The minimum atomic E-state index is -0.436. The van der Waals surface area contributed by atoms with Crippen molar-refractivity contribution < 1.29 is 9.72 Å². The number of rotatable bonds is 5. The van der Waals surface area contributed by atoms with Crippen molar-refractivity contribution in [2.75, 3.05) is 4.90 Å². The lowest BCUT2D eigenvalue weighted by Gasteiger charge is -2.14. The number of thioether (sulfide) groups is 1. The average molecular weight is 519 g/mol. The molecule has 0 N–H and O–H groups in total. The number of nitro groups is 1. The Balaban J connectivity index is 1.62. The van der Waals surface area contributed by atoms with Gasteiger partial charge in [0.05, 0.1) is 20.4 Å². The van der Waals surface area contributed by atoms with Crippen LogP contribution in [0.3, 0.4) is 0 Å². The largest absolute Gasteiger partial charge is 0.283 e. The maximum Gasteiger partial charge on any atom is 0.283 e. The number of nitro benzene ring substituents is 1. The molecule has 0 radical (unpaired) electrons. The summed E-state index contributed by atoms with van der Waals surface area (Å²) in [4.78, 5) is 27.3. The van der Waals surface area contributed by atoms with Gasteiger partial charge in [-0.2, -0.15) is 0 Å². The van der Waals surface area contributed by atoms with Crippen LogP contribution in [-0.4, -0.2) is 15.2 Å². The van der Waals surface area contributed by atoms with E-state index in [4.69, 9.17) is 35.4 Å². The fraction of sp³-hybridized carbons (Fsp3) is 0. The molecular formula is C22H12Cl2N2O3S3. The molecule has 4 rings (SSSR count). The van der Waals surface area contributed by atoms with Crippen molar-refractivity contribution in [2.24, 2.45) is 0 Å². The first kappa shape index (κ1) is 22.8. The summed E-state index contributed by atoms with van der Waals surface area (Å²) in [6.07, 6.45) is 1.61.